The van der Waals surface area contributed by atoms with Crippen LogP contribution in [0.3, 0.4) is 0 Å². The van der Waals surface area contributed by atoms with Gasteiger partial charge in [-0.1, -0.05) is 34.6 Å². The van der Waals surface area contributed by atoms with Gasteiger partial charge in [-0.3, -0.25) is 4.90 Å². The van der Waals surface area contributed by atoms with Crippen molar-refractivity contribution in [1.82, 2.24) is 10.2 Å². The lowest BCUT2D eigenvalue weighted by Gasteiger charge is -2.50. The van der Waals surface area contributed by atoms with Crippen molar-refractivity contribution in [2.24, 2.45) is 5.92 Å². The van der Waals surface area contributed by atoms with Gasteiger partial charge in [-0.25, -0.2) is 0 Å². The maximum Gasteiger partial charge on any atom is 0.0329 e. The molecule has 0 spiro atoms. The molecule has 0 saturated carbocycles. The maximum absolute atomic E-state index is 3.72. The van der Waals surface area contributed by atoms with Crippen molar-refractivity contribution in [3.05, 3.63) is 0 Å². The molecule has 1 atom stereocenters. The first-order valence-corrected chi connectivity index (χ1v) is 7.06. The van der Waals surface area contributed by atoms with Crippen LogP contribution in [0.4, 0.5) is 0 Å². The lowest BCUT2D eigenvalue weighted by molar-refractivity contribution is 0.0217. The second-order valence-corrected chi connectivity index (χ2v) is 5.72. The first-order chi connectivity index (χ1) is 7.57. The molecule has 0 bridgehead atoms. The van der Waals surface area contributed by atoms with E-state index in [1.165, 1.54) is 38.9 Å². The van der Waals surface area contributed by atoms with Gasteiger partial charge in [-0.05, 0) is 25.2 Å². The molecular weight excluding hydrogens is 196 g/mol. The summed E-state index contributed by atoms with van der Waals surface area (Å²) in [6.45, 7) is 15.3. The minimum atomic E-state index is 0.413. The molecule has 96 valence electrons. The van der Waals surface area contributed by atoms with Gasteiger partial charge in [0.1, 0.15) is 0 Å². The number of hydrogen-bond acceptors (Lipinski definition) is 2. The van der Waals surface area contributed by atoms with Crippen LogP contribution in [-0.2, 0) is 0 Å². The Labute approximate surface area is 102 Å². The summed E-state index contributed by atoms with van der Waals surface area (Å²) in [5, 5.41) is 3.72. The maximum atomic E-state index is 3.72. The lowest BCUT2D eigenvalue weighted by atomic mass is 9.86. The molecular formula is C14H30N2. The van der Waals surface area contributed by atoms with Gasteiger partial charge in [0.05, 0.1) is 0 Å². The van der Waals surface area contributed by atoms with Crippen molar-refractivity contribution in [2.75, 3.05) is 19.6 Å². The zero-order valence-electron chi connectivity index (χ0n) is 11.8. The van der Waals surface area contributed by atoms with Crippen LogP contribution in [0.15, 0.2) is 0 Å². The van der Waals surface area contributed by atoms with Crippen LogP contribution in [0, 0.1) is 5.92 Å². The van der Waals surface area contributed by atoms with E-state index in [1.807, 2.05) is 0 Å². The summed E-state index contributed by atoms with van der Waals surface area (Å²) >= 11 is 0. The topological polar surface area (TPSA) is 15.3 Å². The molecule has 1 unspecified atom stereocenters. The van der Waals surface area contributed by atoms with Crippen molar-refractivity contribution in [3.8, 4) is 0 Å². The Hall–Kier alpha value is -0.0800. The molecule has 0 amide bonds. The first kappa shape index (κ1) is 14.0. The SMILES string of the molecule is CCC1CN(CC(C)C)C(CC)(CC)CN1. The molecule has 1 aliphatic rings. The van der Waals surface area contributed by atoms with E-state index in [4.69, 9.17) is 0 Å². The van der Waals surface area contributed by atoms with Crippen LogP contribution >= 0.6 is 0 Å². The molecule has 1 fully saturated rings. The normalized spacial score (nSPS) is 26.2. The van der Waals surface area contributed by atoms with Crippen LogP contribution in [0.25, 0.3) is 0 Å². The highest BCUT2D eigenvalue weighted by atomic mass is 15.3. The molecule has 1 aliphatic heterocycles. The Morgan fingerprint density at radius 3 is 2.31 bits per heavy atom. The second kappa shape index (κ2) is 6.02. The van der Waals surface area contributed by atoms with Crippen LogP contribution in [-0.4, -0.2) is 36.1 Å². The molecule has 0 aromatic rings. The molecule has 2 nitrogen and oxygen atoms in total. The Morgan fingerprint density at radius 2 is 1.88 bits per heavy atom. The van der Waals surface area contributed by atoms with E-state index in [0.717, 1.165) is 5.92 Å². The summed E-state index contributed by atoms with van der Waals surface area (Å²) in [4.78, 5) is 2.75. The molecule has 1 saturated heterocycles. The smallest absolute Gasteiger partial charge is 0.0329 e. The zero-order chi connectivity index (χ0) is 12.2. The highest BCUT2D eigenvalue weighted by Crippen LogP contribution is 2.28. The van der Waals surface area contributed by atoms with Gasteiger partial charge >= 0.3 is 0 Å². The lowest BCUT2D eigenvalue weighted by Crippen LogP contribution is -2.64. The highest BCUT2D eigenvalue weighted by Gasteiger charge is 2.38. The first-order valence-electron chi connectivity index (χ1n) is 7.06. The molecule has 0 aromatic heterocycles. The zero-order valence-corrected chi connectivity index (χ0v) is 11.8. The minimum Gasteiger partial charge on any atom is -0.311 e. The van der Waals surface area contributed by atoms with Gasteiger partial charge in [0.15, 0.2) is 0 Å². The number of rotatable bonds is 5. The Balaban J connectivity index is 2.74. The number of nitrogens with zero attached hydrogens (tertiary/aromatic N) is 1. The van der Waals surface area contributed by atoms with Crippen molar-refractivity contribution >= 4 is 0 Å². The average molecular weight is 226 g/mol. The average Bonchev–Trinajstić information content (AvgIpc) is 2.28. The summed E-state index contributed by atoms with van der Waals surface area (Å²) in [6.07, 6.45) is 3.78. The molecule has 1 N–H and O–H groups in total. The molecule has 0 aromatic carbocycles. The summed E-state index contributed by atoms with van der Waals surface area (Å²) < 4.78 is 0. The number of piperazine rings is 1. The third-order valence-corrected chi connectivity index (χ3v) is 4.23. The summed E-state index contributed by atoms with van der Waals surface area (Å²) in [6, 6.07) is 0.699. The van der Waals surface area contributed by atoms with Crippen molar-refractivity contribution < 1.29 is 0 Å². The van der Waals surface area contributed by atoms with Crippen molar-refractivity contribution in [3.63, 3.8) is 0 Å². The van der Waals surface area contributed by atoms with Gasteiger partial charge in [-0.15, -0.1) is 0 Å². The van der Waals surface area contributed by atoms with E-state index in [0.29, 0.717) is 11.6 Å². The van der Waals surface area contributed by atoms with E-state index in [9.17, 15) is 0 Å². The van der Waals surface area contributed by atoms with Gasteiger partial charge in [0.25, 0.3) is 0 Å². The molecule has 16 heavy (non-hydrogen) atoms. The van der Waals surface area contributed by atoms with Gasteiger partial charge in [0, 0.05) is 31.2 Å². The summed E-state index contributed by atoms with van der Waals surface area (Å²) in [5.74, 6) is 0.771. The van der Waals surface area contributed by atoms with Crippen LogP contribution in [0.5, 0.6) is 0 Å². The van der Waals surface area contributed by atoms with E-state index < -0.39 is 0 Å². The quantitative estimate of drug-likeness (QED) is 0.775. The van der Waals surface area contributed by atoms with Gasteiger partial charge in [-0.2, -0.15) is 0 Å². The monoisotopic (exact) mass is 226 g/mol. The predicted octanol–water partition coefficient (Wildman–Crippen LogP) is 2.89. The number of nitrogens with one attached hydrogen (secondary N) is 1. The van der Waals surface area contributed by atoms with E-state index >= 15 is 0 Å². The summed E-state index contributed by atoms with van der Waals surface area (Å²) in [5.41, 5.74) is 0.413. The molecule has 0 radical (unpaired) electrons. The fourth-order valence-corrected chi connectivity index (χ4v) is 2.90. The van der Waals surface area contributed by atoms with Crippen molar-refractivity contribution in [2.45, 2.75) is 65.5 Å². The molecule has 0 aliphatic carbocycles. The highest BCUT2D eigenvalue weighted by molar-refractivity contribution is 4.97. The van der Waals surface area contributed by atoms with Crippen LogP contribution < -0.4 is 5.32 Å². The Morgan fingerprint density at radius 1 is 1.25 bits per heavy atom. The standard InChI is InChI=1S/C14H30N2/c1-6-13-10-16(9-12(4)5)14(7-2,8-3)11-15-13/h12-13,15H,6-11H2,1-5H3. The molecule has 1 heterocycles. The van der Waals surface area contributed by atoms with Crippen molar-refractivity contribution in [1.29, 1.82) is 0 Å². The third kappa shape index (κ3) is 2.98. The second-order valence-electron chi connectivity index (χ2n) is 5.72. The van der Waals surface area contributed by atoms with E-state index in [1.54, 1.807) is 0 Å². The number of hydrogen-bond donors (Lipinski definition) is 1. The Kier molecular flexibility index (Phi) is 5.26. The predicted molar refractivity (Wildman–Crippen MR) is 71.8 cm³/mol. The molecule has 1 rings (SSSR count). The molecule has 2 heteroatoms. The van der Waals surface area contributed by atoms with E-state index in [-0.39, 0.29) is 0 Å². The minimum absolute atomic E-state index is 0.413. The summed E-state index contributed by atoms with van der Waals surface area (Å²) in [7, 11) is 0. The van der Waals surface area contributed by atoms with E-state index in [2.05, 4.69) is 44.8 Å². The van der Waals surface area contributed by atoms with Crippen LogP contribution in [0.2, 0.25) is 0 Å². The van der Waals surface area contributed by atoms with Gasteiger partial charge in [0.2, 0.25) is 0 Å². The third-order valence-electron chi connectivity index (χ3n) is 4.23. The largest absolute Gasteiger partial charge is 0.311 e. The van der Waals surface area contributed by atoms with Gasteiger partial charge < -0.3 is 5.32 Å². The fourth-order valence-electron chi connectivity index (χ4n) is 2.90. The Bertz CT molecular complexity index is 197. The van der Waals surface area contributed by atoms with Crippen LogP contribution in [0.1, 0.15) is 53.9 Å². The fraction of sp³-hybridized carbons (Fsp3) is 1.00.